The monoisotopic (exact) mass is 458 g/mol. The van der Waals surface area contributed by atoms with Gasteiger partial charge in [-0.05, 0) is 29.2 Å². The highest BCUT2D eigenvalue weighted by molar-refractivity contribution is 6.31. The molecule has 2 aromatic heterocycles. The van der Waals surface area contributed by atoms with E-state index in [9.17, 15) is 14.5 Å². The fraction of sp³-hybridized carbons (Fsp3) is 0.150. The van der Waals surface area contributed by atoms with Crippen molar-refractivity contribution >= 4 is 40.0 Å². The van der Waals surface area contributed by atoms with Crippen LogP contribution in [0.4, 0.5) is 21.8 Å². The zero-order valence-electron chi connectivity index (χ0n) is 16.9. The fourth-order valence-corrected chi connectivity index (χ4v) is 3.22. The van der Waals surface area contributed by atoms with Gasteiger partial charge in [0.1, 0.15) is 30.8 Å². The van der Waals surface area contributed by atoms with Gasteiger partial charge in [-0.15, -0.1) is 0 Å². The lowest BCUT2D eigenvalue weighted by atomic mass is 10.2. The summed E-state index contributed by atoms with van der Waals surface area (Å²) < 4.78 is 26.1. The standard InChI is InChI=1S/C20H16ClFN6O4/c1-27-12(8-23-20(27)28(29)30)9-32-18-6-13-16(7-17(18)31-2)24-10-25-19(13)26-11-3-4-15(22)14(21)5-11/h3-8,10H,9H2,1-2H3,(H,24,25,26). The molecule has 0 atom stereocenters. The molecule has 4 aromatic rings. The Kier molecular flexibility index (Phi) is 5.73. The Morgan fingerprint density at radius 1 is 1.22 bits per heavy atom. The highest BCUT2D eigenvalue weighted by atomic mass is 35.5. The molecule has 0 unspecified atom stereocenters. The van der Waals surface area contributed by atoms with Crippen molar-refractivity contribution in [2.45, 2.75) is 6.61 Å². The Morgan fingerprint density at radius 3 is 2.72 bits per heavy atom. The summed E-state index contributed by atoms with van der Waals surface area (Å²) in [6.45, 7) is 0.0171. The van der Waals surface area contributed by atoms with E-state index in [1.54, 1.807) is 12.1 Å². The zero-order chi connectivity index (χ0) is 22.8. The zero-order valence-corrected chi connectivity index (χ0v) is 17.6. The van der Waals surface area contributed by atoms with E-state index in [-0.39, 0.29) is 17.6 Å². The summed E-state index contributed by atoms with van der Waals surface area (Å²) in [6, 6.07) is 7.60. The number of benzene rings is 2. The van der Waals surface area contributed by atoms with E-state index in [2.05, 4.69) is 20.3 Å². The average Bonchev–Trinajstić information content (AvgIpc) is 3.15. The minimum Gasteiger partial charge on any atom is -0.493 e. The Hall–Kier alpha value is -3.99. The van der Waals surface area contributed by atoms with Crippen LogP contribution in [0.5, 0.6) is 11.5 Å². The summed E-state index contributed by atoms with van der Waals surface area (Å²) in [5.74, 6) is 0.427. The average molecular weight is 459 g/mol. The van der Waals surface area contributed by atoms with Gasteiger partial charge in [0.2, 0.25) is 0 Å². The maximum Gasteiger partial charge on any atom is 0.434 e. The van der Waals surface area contributed by atoms with Crippen LogP contribution in [0.3, 0.4) is 0 Å². The number of methoxy groups -OCH3 is 1. The Bertz CT molecular complexity index is 1330. The molecule has 32 heavy (non-hydrogen) atoms. The maximum atomic E-state index is 13.5. The molecule has 12 heteroatoms. The molecule has 0 aliphatic rings. The third kappa shape index (κ3) is 4.10. The number of halogens is 2. The number of imidazole rings is 1. The van der Waals surface area contributed by atoms with Crippen LogP contribution in [-0.2, 0) is 13.7 Å². The molecule has 0 fully saturated rings. The first-order chi connectivity index (χ1) is 15.4. The van der Waals surface area contributed by atoms with Crippen molar-refractivity contribution in [3.63, 3.8) is 0 Å². The molecule has 0 saturated heterocycles. The number of ether oxygens (including phenoxy) is 2. The lowest BCUT2D eigenvalue weighted by molar-refractivity contribution is -0.396. The van der Waals surface area contributed by atoms with Gasteiger partial charge in [-0.1, -0.05) is 16.6 Å². The van der Waals surface area contributed by atoms with Crippen molar-refractivity contribution in [3.05, 3.63) is 69.5 Å². The van der Waals surface area contributed by atoms with Gasteiger partial charge in [0.25, 0.3) is 0 Å². The molecule has 1 N–H and O–H groups in total. The number of hydrogen-bond acceptors (Lipinski definition) is 8. The number of aromatic nitrogens is 4. The molecule has 10 nitrogen and oxygen atoms in total. The predicted octanol–water partition coefficient (Wildman–Crippen LogP) is 4.40. The second-order valence-electron chi connectivity index (χ2n) is 6.65. The minimum atomic E-state index is -0.572. The lowest BCUT2D eigenvalue weighted by Crippen LogP contribution is -2.05. The largest absolute Gasteiger partial charge is 0.493 e. The second kappa shape index (κ2) is 8.63. The second-order valence-corrected chi connectivity index (χ2v) is 7.06. The minimum absolute atomic E-state index is 0.0171. The van der Waals surface area contributed by atoms with Crippen molar-refractivity contribution < 1.29 is 18.8 Å². The number of nitrogens with one attached hydrogen (secondary N) is 1. The van der Waals surface area contributed by atoms with E-state index >= 15 is 0 Å². The van der Waals surface area contributed by atoms with Gasteiger partial charge in [-0.2, -0.15) is 0 Å². The molecule has 164 valence electrons. The third-order valence-corrected chi connectivity index (χ3v) is 4.99. The topological polar surface area (TPSA) is 117 Å². The third-order valence-electron chi connectivity index (χ3n) is 4.70. The number of nitrogens with zero attached hydrogens (tertiary/aromatic N) is 5. The number of nitro groups is 1. The fourth-order valence-electron chi connectivity index (χ4n) is 3.04. The van der Waals surface area contributed by atoms with E-state index in [4.69, 9.17) is 21.1 Å². The Labute approximate surface area is 185 Å². The molecule has 2 aromatic carbocycles. The molecule has 4 rings (SSSR count). The molecule has 0 aliphatic heterocycles. The summed E-state index contributed by atoms with van der Waals surface area (Å²) >= 11 is 5.86. The first-order valence-corrected chi connectivity index (χ1v) is 9.57. The normalized spacial score (nSPS) is 10.9. The van der Waals surface area contributed by atoms with Crippen molar-refractivity contribution in [2.75, 3.05) is 12.4 Å². The summed E-state index contributed by atoms with van der Waals surface area (Å²) in [5, 5.41) is 14.7. The molecule has 0 amide bonds. The summed E-state index contributed by atoms with van der Waals surface area (Å²) in [6.07, 6.45) is 2.75. The lowest BCUT2D eigenvalue weighted by Gasteiger charge is -2.13. The molecule has 0 saturated carbocycles. The smallest absolute Gasteiger partial charge is 0.434 e. The van der Waals surface area contributed by atoms with Crippen molar-refractivity contribution in [2.24, 2.45) is 7.05 Å². The van der Waals surface area contributed by atoms with Crippen LogP contribution >= 0.6 is 11.6 Å². The van der Waals surface area contributed by atoms with E-state index in [1.165, 1.54) is 49.4 Å². The van der Waals surface area contributed by atoms with Gasteiger partial charge >= 0.3 is 5.95 Å². The van der Waals surface area contributed by atoms with Gasteiger partial charge < -0.3 is 24.9 Å². The molecule has 2 heterocycles. The number of anilines is 2. The van der Waals surface area contributed by atoms with Gasteiger partial charge in [0.15, 0.2) is 17.2 Å². The quantitative estimate of drug-likeness (QED) is 0.320. The molecule has 0 radical (unpaired) electrons. The van der Waals surface area contributed by atoms with E-state index < -0.39 is 10.7 Å². The summed E-state index contributed by atoms with van der Waals surface area (Å²) in [7, 11) is 3.02. The molecule has 0 aliphatic carbocycles. The Morgan fingerprint density at radius 2 is 2.03 bits per heavy atom. The van der Waals surface area contributed by atoms with Crippen LogP contribution in [-0.4, -0.2) is 31.6 Å². The number of fused-ring (bicyclic) bond motifs is 1. The highest BCUT2D eigenvalue weighted by Crippen LogP contribution is 2.35. The van der Waals surface area contributed by atoms with E-state index in [0.29, 0.717) is 39.6 Å². The van der Waals surface area contributed by atoms with Crippen molar-refractivity contribution in [1.82, 2.24) is 19.5 Å². The van der Waals surface area contributed by atoms with E-state index in [0.717, 1.165) is 0 Å². The van der Waals surface area contributed by atoms with Crippen LogP contribution in [0.25, 0.3) is 10.9 Å². The van der Waals surface area contributed by atoms with Gasteiger partial charge in [0.05, 0.1) is 24.7 Å². The highest BCUT2D eigenvalue weighted by Gasteiger charge is 2.19. The molecule has 0 bridgehead atoms. The molecular formula is C20H16ClFN6O4. The predicted molar refractivity (Wildman–Crippen MR) is 115 cm³/mol. The Balaban J connectivity index is 1.67. The van der Waals surface area contributed by atoms with Crippen LogP contribution in [0, 0.1) is 15.9 Å². The van der Waals surface area contributed by atoms with Gasteiger partial charge in [-0.3, -0.25) is 0 Å². The first kappa shape index (κ1) is 21.2. The van der Waals surface area contributed by atoms with Crippen LogP contribution < -0.4 is 14.8 Å². The number of rotatable bonds is 7. The van der Waals surface area contributed by atoms with Crippen LogP contribution in [0.1, 0.15) is 5.69 Å². The van der Waals surface area contributed by atoms with E-state index in [1.807, 2.05) is 0 Å². The van der Waals surface area contributed by atoms with Crippen LogP contribution in [0.15, 0.2) is 42.9 Å². The van der Waals surface area contributed by atoms with Crippen molar-refractivity contribution in [3.8, 4) is 11.5 Å². The van der Waals surface area contributed by atoms with Crippen LogP contribution in [0.2, 0.25) is 5.02 Å². The molecule has 0 spiro atoms. The first-order valence-electron chi connectivity index (χ1n) is 9.20. The molecular weight excluding hydrogens is 443 g/mol. The van der Waals surface area contributed by atoms with Gasteiger partial charge in [-0.25, -0.2) is 18.9 Å². The number of hydrogen-bond donors (Lipinski definition) is 1. The summed E-state index contributed by atoms with van der Waals surface area (Å²) in [4.78, 5) is 22.7. The van der Waals surface area contributed by atoms with Gasteiger partial charge in [0, 0.05) is 17.1 Å². The summed E-state index contributed by atoms with van der Waals surface area (Å²) in [5.41, 5.74) is 1.62. The van der Waals surface area contributed by atoms with Crippen molar-refractivity contribution in [1.29, 1.82) is 0 Å². The SMILES string of the molecule is COc1cc2ncnc(Nc3ccc(F)c(Cl)c3)c2cc1OCc1cnc([N+](=O)[O-])n1C. The maximum absolute atomic E-state index is 13.5.